The number of halogens is 4. The fourth-order valence-corrected chi connectivity index (χ4v) is 7.63. The molecule has 4 aliphatic carbocycles. The zero-order valence-corrected chi connectivity index (χ0v) is 18.4. The van der Waals surface area contributed by atoms with Crippen LogP contribution in [-0.4, -0.2) is 29.1 Å². The second kappa shape index (κ2) is 6.64. The first-order chi connectivity index (χ1) is 15.6. The molecular weight excluding hydrogens is 459 g/mol. The summed E-state index contributed by atoms with van der Waals surface area (Å²) in [6.45, 7) is 0. The summed E-state index contributed by atoms with van der Waals surface area (Å²) in [7, 11) is 0. The van der Waals surface area contributed by atoms with E-state index >= 15 is 8.78 Å². The summed E-state index contributed by atoms with van der Waals surface area (Å²) in [5, 5.41) is 7.63. The monoisotopic (exact) mass is 481 g/mol. The standard InChI is InChI=1S/C23H23ClF3N3O3/c24-11-1-2-12(25)13(16(11)26)17(21-5-7-22(27,9-21)8-6-21)28-18(31)10-3-4-23-14(10)15(23)19(32)29-20(33)30-23/h1-2,10,14-15,17H,3-9H2,(H,28,31)(H2,29,30,32,33)/t10-,14?,15?,17?,21?,22?,23+/m0/s1. The maximum Gasteiger partial charge on any atom is 0.321 e. The molecule has 5 aliphatic rings. The number of imide groups is 1. The summed E-state index contributed by atoms with van der Waals surface area (Å²) in [4.78, 5) is 37.6. The van der Waals surface area contributed by atoms with Gasteiger partial charge >= 0.3 is 6.03 Å². The molecular formula is C23H23ClF3N3O3. The van der Waals surface area contributed by atoms with Gasteiger partial charge in [0, 0.05) is 17.4 Å². The molecule has 1 aliphatic heterocycles. The molecule has 3 unspecified atom stereocenters. The number of benzene rings is 1. The smallest absolute Gasteiger partial charge is 0.321 e. The molecule has 1 saturated heterocycles. The van der Waals surface area contributed by atoms with Crippen molar-refractivity contribution in [2.75, 3.05) is 0 Å². The average molecular weight is 482 g/mol. The number of alkyl halides is 1. The van der Waals surface area contributed by atoms with E-state index in [4.69, 9.17) is 11.6 Å². The average Bonchev–Trinajstić information content (AvgIpc) is 3.03. The largest absolute Gasteiger partial charge is 0.348 e. The maximum atomic E-state index is 15.1. The summed E-state index contributed by atoms with van der Waals surface area (Å²) in [5.41, 5.74) is -3.26. The second-order valence-electron chi connectivity index (χ2n) is 10.5. The van der Waals surface area contributed by atoms with Gasteiger partial charge in [0.1, 0.15) is 17.3 Å². The molecule has 176 valence electrons. The van der Waals surface area contributed by atoms with Crippen molar-refractivity contribution in [3.63, 3.8) is 0 Å². The molecule has 0 aromatic heterocycles. The summed E-state index contributed by atoms with van der Waals surface area (Å²) in [6, 6.07) is 0.523. The minimum Gasteiger partial charge on any atom is -0.348 e. The number of urea groups is 1. The molecule has 2 bridgehead atoms. The van der Waals surface area contributed by atoms with Crippen molar-refractivity contribution in [3.05, 3.63) is 34.4 Å². The number of hydrogen-bond donors (Lipinski definition) is 3. The van der Waals surface area contributed by atoms with E-state index in [-0.39, 0.29) is 35.8 Å². The van der Waals surface area contributed by atoms with Gasteiger partial charge in [0.2, 0.25) is 11.8 Å². The Labute approximate surface area is 193 Å². The highest BCUT2D eigenvalue weighted by Gasteiger charge is 2.77. The number of nitrogens with one attached hydrogen (secondary N) is 3. The zero-order valence-electron chi connectivity index (χ0n) is 17.7. The van der Waals surface area contributed by atoms with Crippen LogP contribution >= 0.6 is 11.6 Å². The number of hydrogen-bond acceptors (Lipinski definition) is 3. The predicted octanol–water partition coefficient (Wildman–Crippen LogP) is 3.68. The van der Waals surface area contributed by atoms with Crippen LogP contribution in [0.1, 0.15) is 56.6 Å². The van der Waals surface area contributed by atoms with Crippen LogP contribution in [0.5, 0.6) is 0 Å². The van der Waals surface area contributed by atoms with E-state index in [1.165, 1.54) is 0 Å². The molecule has 1 aromatic carbocycles. The lowest BCUT2D eigenvalue weighted by Crippen LogP contribution is -2.53. The Morgan fingerprint density at radius 1 is 1.15 bits per heavy atom. The van der Waals surface area contributed by atoms with Gasteiger partial charge in [-0.25, -0.2) is 18.0 Å². The number of carbonyl (C=O) groups excluding carboxylic acids is 3. The van der Waals surface area contributed by atoms with E-state index in [9.17, 15) is 18.8 Å². The first kappa shape index (κ1) is 21.3. The third-order valence-electron chi connectivity index (χ3n) is 8.98. The lowest BCUT2D eigenvalue weighted by atomic mass is 9.74. The summed E-state index contributed by atoms with van der Waals surface area (Å²) in [6.07, 6.45) is 2.41. The van der Waals surface area contributed by atoms with Crippen LogP contribution in [0.25, 0.3) is 0 Å². The molecule has 3 N–H and O–H groups in total. The lowest BCUT2D eigenvalue weighted by molar-refractivity contribution is -0.128. The molecule has 6 rings (SSSR count). The third-order valence-corrected chi connectivity index (χ3v) is 9.27. The quantitative estimate of drug-likeness (QED) is 0.573. The molecule has 4 amide bonds. The Bertz CT molecular complexity index is 1110. The van der Waals surface area contributed by atoms with Crippen molar-refractivity contribution >= 4 is 29.4 Å². The lowest BCUT2D eigenvalue weighted by Gasteiger charge is -2.37. The normalized spacial score (nSPS) is 41.2. The van der Waals surface area contributed by atoms with Crippen molar-refractivity contribution in [1.29, 1.82) is 0 Å². The van der Waals surface area contributed by atoms with Crippen LogP contribution in [0.15, 0.2) is 12.1 Å². The summed E-state index contributed by atoms with van der Waals surface area (Å²) in [5.74, 6) is -4.09. The van der Waals surface area contributed by atoms with Gasteiger partial charge in [0.05, 0.1) is 22.5 Å². The number of rotatable bonds is 4. The first-order valence-corrected chi connectivity index (χ1v) is 11.7. The molecule has 6 nitrogen and oxygen atoms in total. The van der Waals surface area contributed by atoms with Crippen molar-refractivity contribution in [2.24, 2.45) is 23.2 Å². The Kier molecular flexibility index (Phi) is 4.28. The maximum absolute atomic E-state index is 15.1. The van der Waals surface area contributed by atoms with E-state index in [2.05, 4.69) is 16.0 Å². The number of fused-ring (bicyclic) bond motifs is 3. The van der Waals surface area contributed by atoms with Gasteiger partial charge in [-0.1, -0.05) is 11.6 Å². The second-order valence-corrected chi connectivity index (χ2v) is 10.9. The third kappa shape index (κ3) is 2.83. The van der Waals surface area contributed by atoms with E-state index in [0.717, 1.165) is 12.1 Å². The van der Waals surface area contributed by atoms with E-state index in [0.29, 0.717) is 25.7 Å². The van der Waals surface area contributed by atoms with Crippen molar-refractivity contribution in [2.45, 2.75) is 62.2 Å². The van der Waals surface area contributed by atoms with Crippen LogP contribution in [0.4, 0.5) is 18.0 Å². The topological polar surface area (TPSA) is 87.3 Å². The number of carbonyl (C=O) groups is 3. The van der Waals surface area contributed by atoms with E-state index in [1.807, 2.05) is 0 Å². The van der Waals surface area contributed by atoms with Crippen molar-refractivity contribution in [1.82, 2.24) is 16.0 Å². The Balaban J connectivity index is 1.34. The highest BCUT2D eigenvalue weighted by atomic mass is 35.5. The Morgan fingerprint density at radius 2 is 1.88 bits per heavy atom. The SMILES string of the molecule is O=C1NC(=O)C2C3[C@@H](C(=O)NC(c4c(F)ccc(Cl)c4F)C45CCC(F)(CC4)C5)CC[C@]23N1. The fourth-order valence-electron chi connectivity index (χ4n) is 7.46. The molecule has 1 heterocycles. The van der Waals surface area contributed by atoms with Gasteiger partial charge in [-0.2, -0.15) is 0 Å². The molecule has 4 saturated carbocycles. The minimum absolute atomic E-state index is 0.120. The molecule has 0 radical (unpaired) electrons. The van der Waals surface area contributed by atoms with Gasteiger partial charge in [0.25, 0.3) is 0 Å². The number of amides is 4. The predicted molar refractivity (Wildman–Crippen MR) is 111 cm³/mol. The molecule has 5 atom stereocenters. The molecule has 10 heteroatoms. The molecule has 1 aromatic rings. The minimum atomic E-state index is -1.39. The Morgan fingerprint density at radius 3 is 2.55 bits per heavy atom. The zero-order chi connectivity index (χ0) is 23.3. The van der Waals surface area contributed by atoms with Crippen LogP contribution in [0, 0.1) is 34.8 Å². The van der Waals surface area contributed by atoms with E-state index < -0.39 is 64.0 Å². The highest BCUT2D eigenvalue weighted by molar-refractivity contribution is 6.30. The van der Waals surface area contributed by atoms with Gasteiger partial charge in [-0.15, -0.1) is 0 Å². The van der Waals surface area contributed by atoms with Gasteiger partial charge in [0.15, 0.2) is 0 Å². The summed E-state index contributed by atoms with van der Waals surface area (Å²) >= 11 is 5.96. The molecule has 33 heavy (non-hydrogen) atoms. The first-order valence-electron chi connectivity index (χ1n) is 11.3. The van der Waals surface area contributed by atoms with Crippen LogP contribution in [0.3, 0.4) is 0 Å². The van der Waals surface area contributed by atoms with Gasteiger partial charge in [-0.3, -0.25) is 14.9 Å². The Hall–Kier alpha value is -2.29. The highest BCUT2D eigenvalue weighted by Crippen LogP contribution is 2.66. The van der Waals surface area contributed by atoms with Crippen LogP contribution in [-0.2, 0) is 9.59 Å². The molecule has 5 fully saturated rings. The van der Waals surface area contributed by atoms with Crippen molar-refractivity contribution < 1.29 is 27.6 Å². The van der Waals surface area contributed by atoms with Crippen molar-refractivity contribution in [3.8, 4) is 0 Å². The summed E-state index contributed by atoms with van der Waals surface area (Å²) < 4.78 is 45.1. The van der Waals surface area contributed by atoms with Gasteiger partial charge in [-0.05, 0) is 62.5 Å². The van der Waals surface area contributed by atoms with Crippen LogP contribution in [0.2, 0.25) is 5.02 Å². The van der Waals surface area contributed by atoms with E-state index in [1.54, 1.807) is 0 Å². The molecule has 1 spiro atoms. The van der Waals surface area contributed by atoms with Gasteiger partial charge < -0.3 is 10.6 Å². The van der Waals surface area contributed by atoms with Crippen LogP contribution < -0.4 is 16.0 Å². The fraction of sp³-hybridized carbons (Fsp3) is 0.609.